The van der Waals surface area contributed by atoms with E-state index in [1.165, 1.54) is 66.7 Å². The van der Waals surface area contributed by atoms with Gasteiger partial charge in [-0.25, -0.2) is 10.2 Å². The number of hydrogen-bond acceptors (Lipinski definition) is 8. The number of alkyl halides is 4. The summed E-state index contributed by atoms with van der Waals surface area (Å²) >= 11 is 11.9. The Morgan fingerprint density at radius 1 is 0.600 bits per heavy atom. The van der Waals surface area contributed by atoms with Crippen molar-refractivity contribution in [2.24, 2.45) is 0 Å². The summed E-state index contributed by atoms with van der Waals surface area (Å²) < 4.78 is 57.7. The third-order valence-electron chi connectivity index (χ3n) is 7.10. The summed E-state index contributed by atoms with van der Waals surface area (Å²) in [5.74, 6) is -0.568. The number of ether oxygens (including phenoxy) is 2. The Bertz CT molecular complexity index is 2330. The third-order valence-corrected chi connectivity index (χ3v) is 7.68. The number of nitrogens with zero attached hydrogens (tertiary/aromatic N) is 2. The smallest absolute Gasteiger partial charge is 0.387 e. The zero-order valence-corrected chi connectivity index (χ0v) is 26.8. The van der Waals surface area contributed by atoms with Gasteiger partial charge < -0.3 is 9.47 Å². The summed E-state index contributed by atoms with van der Waals surface area (Å²) in [5, 5.41) is 13.4. The first-order valence-electron chi connectivity index (χ1n) is 14.4. The first kappa shape index (κ1) is 35.7. The predicted octanol–water partition coefficient (Wildman–Crippen LogP) is 7.21. The number of rotatable bonds is 10. The maximum atomic E-state index is 12.4. The lowest BCUT2D eigenvalue weighted by Gasteiger charge is -2.07. The van der Waals surface area contributed by atoms with Crippen LogP contribution >= 0.6 is 23.2 Å². The fourth-order valence-electron chi connectivity index (χ4n) is 4.85. The number of carbonyl (C=O) groups is 2. The number of halogens is 6. The number of nitrogens with one attached hydrogen (secondary N) is 2. The van der Waals surface area contributed by atoms with Crippen molar-refractivity contribution in [3.8, 4) is 11.5 Å². The van der Waals surface area contributed by atoms with Crippen LogP contribution in [0.3, 0.4) is 0 Å². The van der Waals surface area contributed by atoms with Gasteiger partial charge in [0.1, 0.15) is 11.5 Å². The van der Waals surface area contributed by atoms with Crippen molar-refractivity contribution in [2.45, 2.75) is 26.1 Å². The summed E-state index contributed by atoms with van der Waals surface area (Å²) in [7, 11) is 0. The number of benzene rings is 4. The SMILES string of the molecule is O=C(Cc1cccc(OC(F)F)c1)c1ccc2c(=O)[nH]nc(Cl)c2c1.O=C(Cc1cccc(OC(F)F)c1)c1ccc2c(Cl)n[nH]c(=O)c2c1. The lowest BCUT2D eigenvalue weighted by Crippen LogP contribution is -2.10. The average molecular weight is 729 g/mol. The molecule has 0 saturated carbocycles. The van der Waals surface area contributed by atoms with Crippen LogP contribution in [0, 0.1) is 0 Å². The van der Waals surface area contributed by atoms with Crippen molar-refractivity contribution in [2.75, 3.05) is 0 Å². The van der Waals surface area contributed by atoms with E-state index in [0.29, 0.717) is 38.4 Å². The van der Waals surface area contributed by atoms with E-state index in [1.807, 2.05) is 0 Å². The summed E-state index contributed by atoms with van der Waals surface area (Å²) in [5.41, 5.74) is 0.822. The van der Waals surface area contributed by atoms with Crippen LogP contribution in [0.25, 0.3) is 21.5 Å². The zero-order chi connectivity index (χ0) is 35.9. The molecule has 256 valence electrons. The molecule has 0 bridgehead atoms. The Morgan fingerprint density at radius 2 is 1.04 bits per heavy atom. The monoisotopic (exact) mass is 728 g/mol. The van der Waals surface area contributed by atoms with E-state index < -0.39 is 24.3 Å². The molecule has 0 radical (unpaired) electrons. The second-order valence-corrected chi connectivity index (χ2v) is 11.2. The highest BCUT2D eigenvalue weighted by atomic mass is 35.5. The van der Waals surface area contributed by atoms with Crippen LogP contribution in [0.4, 0.5) is 17.6 Å². The largest absolute Gasteiger partial charge is 0.435 e. The number of aromatic amines is 2. The Balaban J connectivity index is 0.000000194. The molecule has 0 amide bonds. The molecule has 4 aromatic carbocycles. The molecular formula is C34H22Cl2F4N4O6. The highest BCUT2D eigenvalue weighted by Crippen LogP contribution is 2.23. The van der Waals surface area contributed by atoms with Gasteiger partial charge in [-0.3, -0.25) is 19.2 Å². The van der Waals surface area contributed by atoms with Gasteiger partial charge >= 0.3 is 13.2 Å². The number of carbonyl (C=O) groups excluding carboxylic acids is 2. The summed E-state index contributed by atoms with van der Waals surface area (Å²) in [6, 6.07) is 20.8. The molecule has 16 heteroatoms. The molecule has 0 unspecified atom stereocenters. The van der Waals surface area contributed by atoms with Crippen molar-refractivity contribution in [3.05, 3.63) is 138 Å². The molecule has 6 rings (SSSR count). The molecule has 10 nitrogen and oxygen atoms in total. The van der Waals surface area contributed by atoms with Gasteiger partial charge in [0.2, 0.25) is 0 Å². The summed E-state index contributed by atoms with van der Waals surface area (Å²) in [4.78, 5) is 48.4. The number of Topliss-reactive ketones (excluding diaryl/α,β-unsaturated/α-hetero) is 2. The minimum atomic E-state index is -2.93. The molecule has 0 aliphatic rings. The van der Waals surface area contributed by atoms with E-state index in [2.05, 4.69) is 29.9 Å². The number of hydrogen-bond donors (Lipinski definition) is 2. The van der Waals surface area contributed by atoms with E-state index >= 15 is 0 Å². The standard InChI is InChI=1S/2C17H11ClF2N2O3/c18-15-13-8-10(4-5-12(13)16(24)22-21-15)14(23)7-9-2-1-3-11(6-9)25-17(19)20;18-15-12-5-4-10(8-13(12)16(24)22-21-15)14(23)7-9-2-1-3-11(6-9)25-17(19)20/h2*1-6,8,17H,7H2,(H,22,24). The van der Waals surface area contributed by atoms with Crippen molar-refractivity contribution in [3.63, 3.8) is 0 Å². The lowest BCUT2D eigenvalue weighted by atomic mass is 10.0. The highest BCUT2D eigenvalue weighted by Gasteiger charge is 2.14. The van der Waals surface area contributed by atoms with E-state index in [1.54, 1.807) is 18.2 Å². The van der Waals surface area contributed by atoms with Crippen molar-refractivity contribution in [1.82, 2.24) is 20.4 Å². The number of ketones is 2. The fraction of sp³-hybridized carbons (Fsp3) is 0.118. The molecule has 0 saturated heterocycles. The van der Waals surface area contributed by atoms with Gasteiger partial charge in [0, 0.05) is 34.7 Å². The Kier molecular flexibility index (Phi) is 11.2. The molecule has 2 N–H and O–H groups in total. The molecular weight excluding hydrogens is 707 g/mol. The van der Waals surface area contributed by atoms with Gasteiger partial charge in [0.25, 0.3) is 11.1 Å². The molecule has 0 aliphatic heterocycles. The summed E-state index contributed by atoms with van der Waals surface area (Å²) in [6.45, 7) is -5.87. The van der Waals surface area contributed by atoms with Crippen LogP contribution in [0.2, 0.25) is 10.3 Å². The van der Waals surface area contributed by atoms with Crippen LogP contribution < -0.4 is 20.6 Å². The Morgan fingerprint density at radius 3 is 1.54 bits per heavy atom. The Labute approximate surface area is 288 Å². The van der Waals surface area contributed by atoms with Gasteiger partial charge in [-0.1, -0.05) is 65.7 Å². The van der Waals surface area contributed by atoms with E-state index in [0.717, 1.165) is 0 Å². The van der Waals surface area contributed by atoms with Crippen molar-refractivity contribution < 1.29 is 36.6 Å². The molecule has 0 aliphatic carbocycles. The zero-order valence-electron chi connectivity index (χ0n) is 25.3. The number of H-pyrrole nitrogens is 2. The predicted molar refractivity (Wildman–Crippen MR) is 177 cm³/mol. The van der Waals surface area contributed by atoms with Crippen LogP contribution in [-0.4, -0.2) is 45.2 Å². The van der Waals surface area contributed by atoms with E-state index in [-0.39, 0.29) is 51.6 Å². The highest BCUT2D eigenvalue weighted by molar-refractivity contribution is 6.34. The number of aromatic nitrogens is 4. The molecule has 0 fully saturated rings. The third kappa shape index (κ3) is 8.89. The second kappa shape index (κ2) is 15.7. The number of fused-ring (bicyclic) bond motifs is 2. The van der Waals surface area contributed by atoms with Crippen LogP contribution in [-0.2, 0) is 12.8 Å². The van der Waals surface area contributed by atoms with Crippen molar-refractivity contribution in [1.29, 1.82) is 0 Å². The molecule has 2 heterocycles. The van der Waals surface area contributed by atoms with Gasteiger partial charge in [0.05, 0.1) is 10.8 Å². The van der Waals surface area contributed by atoms with Gasteiger partial charge in [-0.2, -0.15) is 27.8 Å². The normalized spacial score (nSPS) is 11.0. The Hall–Kier alpha value is -5.60. The maximum absolute atomic E-state index is 12.4. The van der Waals surface area contributed by atoms with Gasteiger partial charge in [-0.05, 0) is 53.6 Å². The minimum absolute atomic E-state index is 0.0137. The minimum Gasteiger partial charge on any atom is -0.435 e. The quantitative estimate of drug-likeness (QED) is 0.111. The first-order chi connectivity index (χ1) is 23.9. The average Bonchev–Trinajstić information content (AvgIpc) is 3.08. The molecule has 6 aromatic rings. The fourth-order valence-corrected chi connectivity index (χ4v) is 5.26. The molecule has 2 aromatic heterocycles. The van der Waals surface area contributed by atoms with Crippen LogP contribution in [0.1, 0.15) is 31.8 Å². The van der Waals surface area contributed by atoms with Crippen LogP contribution in [0.15, 0.2) is 94.5 Å². The second-order valence-electron chi connectivity index (χ2n) is 10.5. The topological polar surface area (TPSA) is 144 Å². The molecule has 0 atom stereocenters. The van der Waals surface area contributed by atoms with Crippen LogP contribution in [0.5, 0.6) is 11.5 Å². The van der Waals surface area contributed by atoms with E-state index in [4.69, 9.17) is 23.2 Å². The van der Waals surface area contributed by atoms with Gasteiger partial charge in [-0.15, -0.1) is 0 Å². The van der Waals surface area contributed by atoms with Crippen molar-refractivity contribution >= 4 is 56.3 Å². The lowest BCUT2D eigenvalue weighted by molar-refractivity contribution is -0.0505. The molecule has 0 spiro atoms. The maximum Gasteiger partial charge on any atom is 0.387 e. The first-order valence-corrected chi connectivity index (χ1v) is 15.1. The summed E-state index contributed by atoms with van der Waals surface area (Å²) in [6.07, 6.45) is -0.0388. The van der Waals surface area contributed by atoms with E-state index in [9.17, 15) is 36.7 Å². The van der Waals surface area contributed by atoms with Gasteiger partial charge in [0.15, 0.2) is 21.9 Å². The molecule has 50 heavy (non-hydrogen) atoms.